The maximum absolute atomic E-state index is 12.9. The number of allylic oxidation sites excluding steroid dienone is 14. The maximum atomic E-state index is 12.9. The maximum Gasteiger partial charge on any atom is 0.306 e. The van der Waals surface area contributed by atoms with Gasteiger partial charge in [0.2, 0.25) is 0 Å². The third-order valence-corrected chi connectivity index (χ3v) is 12.4. The molecule has 0 aliphatic rings. The number of carbonyl (C=O) groups excluding carboxylic acids is 3. The van der Waals surface area contributed by atoms with Crippen molar-refractivity contribution in [2.24, 2.45) is 0 Å². The normalized spacial score (nSPS) is 12.7. The second kappa shape index (κ2) is 57.2. The Morgan fingerprint density at radius 3 is 0.884 bits per heavy atom. The average Bonchev–Trinajstić information content (AvgIpc) is 3.35. The molecule has 0 heterocycles. The molecule has 69 heavy (non-hydrogen) atoms. The predicted molar refractivity (Wildman–Crippen MR) is 297 cm³/mol. The van der Waals surface area contributed by atoms with Crippen molar-refractivity contribution in [2.75, 3.05) is 13.2 Å². The van der Waals surface area contributed by atoms with Crippen molar-refractivity contribution in [3.8, 4) is 0 Å². The first-order chi connectivity index (χ1) is 34.0. The van der Waals surface area contributed by atoms with E-state index in [4.69, 9.17) is 14.2 Å². The second-order valence-corrected chi connectivity index (χ2v) is 19.2. The molecule has 0 bridgehead atoms. The van der Waals surface area contributed by atoms with Crippen molar-refractivity contribution in [1.29, 1.82) is 0 Å². The van der Waals surface area contributed by atoms with Crippen LogP contribution in [0.1, 0.15) is 278 Å². The van der Waals surface area contributed by atoms with Crippen LogP contribution < -0.4 is 0 Å². The molecule has 0 amide bonds. The van der Waals surface area contributed by atoms with E-state index in [0.717, 1.165) is 116 Å². The Labute approximate surface area is 426 Å². The molecule has 6 heteroatoms. The van der Waals surface area contributed by atoms with Crippen molar-refractivity contribution >= 4 is 17.9 Å². The molecule has 0 spiro atoms. The third-order valence-electron chi connectivity index (χ3n) is 12.4. The van der Waals surface area contributed by atoms with Gasteiger partial charge in [-0.3, -0.25) is 14.4 Å². The summed E-state index contributed by atoms with van der Waals surface area (Å²) in [7, 11) is 0. The molecule has 1 unspecified atom stereocenters. The predicted octanol–water partition coefficient (Wildman–Crippen LogP) is 19.5. The van der Waals surface area contributed by atoms with Crippen LogP contribution in [-0.2, 0) is 28.6 Å². The van der Waals surface area contributed by atoms with Crippen LogP contribution in [0.25, 0.3) is 0 Å². The van der Waals surface area contributed by atoms with E-state index in [0.29, 0.717) is 19.3 Å². The molecule has 0 saturated carbocycles. The summed E-state index contributed by atoms with van der Waals surface area (Å²) in [5.41, 5.74) is 0. The van der Waals surface area contributed by atoms with Gasteiger partial charge in [0.15, 0.2) is 6.10 Å². The molecular weight excluding hydrogens is 853 g/mol. The first kappa shape index (κ1) is 65.6. The van der Waals surface area contributed by atoms with Crippen LogP contribution in [0.15, 0.2) is 85.1 Å². The first-order valence-electron chi connectivity index (χ1n) is 29.1. The number of unbranched alkanes of at least 4 members (excludes halogenated alkanes) is 27. The fourth-order valence-corrected chi connectivity index (χ4v) is 7.99. The van der Waals surface area contributed by atoms with Gasteiger partial charge in [-0.05, 0) is 116 Å². The van der Waals surface area contributed by atoms with Crippen LogP contribution >= 0.6 is 0 Å². The summed E-state index contributed by atoms with van der Waals surface area (Å²) in [5, 5.41) is 0. The van der Waals surface area contributed by atoms with Crippen LogP contribution in [0, 0.1) is 0 Å². The lowest BCUT2D eigenvalue weighted by atomic mass is 10.1. The molecule has 0 N–H and O–H groups in total. The van der Waals surface area contributed by atoms with Gasteiger partial charge in [-0.15, -0.1) is 0 Å². The molecule has 0 radical (unpaired) electrons. The van der Waals surface area contributed by atoms with Crippen LogP contribution in [0.3, 0.4) is 0 Å². The molecule has 0 aliphatic carbocycles. The van der Waals surface area contributed by atoms with Gasteiger partial charge in [0, 0.05) is 19.3 Å². The Morgan fingerprint density at radius 2 is 0.565 bits per heavy atom. The van der Waals surface area contributed by atoms with E-state index in [2.05, 4.69) is 106 Å². The summed E-state index contributed by atoms with van der Waals surface area (Å²) < 4.78 is 16.9. The second-order valence-electron chi connectivity index (χ2n) is 19.2. The summed E-state index contributed by atoms with van der Waals surface area (Å²) in [6.07, 6.45) is 74.2. The summed E-state index contributed by atoms with van der Waals surface area (Å²) in [6, 6.07) is 0. The molecular formula is C63H108O6. The molecule has 6 nitrogen and oxygen atoms in total. The van der Waals surface area contributed by atoms with Gasteiger partial charge in [-0.1, -0.05) is 228 Å². The van der Waals surface area contributed by atoms with Crippen molar-refractivity contribution in [3.63, 3.8) is 0 Å². The highest BCUT2D eigenvalue weighted by Crippen LogP contribution is 2.15. The van der Waals surface area contributed by atoms with Gasteiger partial charge < -0.3 is 14.2 Å². The highest BCUT2D eigenvalue weighted by Gasteiger charge is 2.19. The van der Waals surface area contributed by atoms with Crippen LogP contribution in [0.4, 0.5) is 0 Å². The quantitative estimate of drug-likeness (QED) is 0.0262. The van der Waals surface area contributed by atoms with E-state index < -0.39 is 6.10 Å². The summed E-state index contributed by atoms with van der Waals surface area (Å²) in [4.78, 5) is 38.2. The van der Waals surface area contributed by atoms with Gasteiger partial charge >= 0.3 is 17.9 Å². The average molecular weight is 962 g/mol. The van der Waals surface area contributed by atoms with Crippen molar-refractivity contribution in [2.45, 2.75) is 284 Å². The number of hydrogen-bond donors (Lipinski definition) is 0. The third kappa shape index (κ3) is 55.4. The Balaban J connectivity index is 4.41. The fraction of sp³-hybridized carbons (Fsp3) is 0.730. The summed E-state index contributed by atoms with van der Waals surface area (Å²) in [5.74, 6) is -0.910. The van der Waals surface area contributed by atoms with E-state index in [1.54, 1.807) is 0 Å². The van der Waals surface area contributed by atoms with E-state index in [-0.39, 0.29) is 31.1 Å². The van der Waals surface area contributed by atoms with Crippen LogP contribution in [0.2, 0.25) is 0 Å². The van der Waals surface area contributed by atoms with Crippen molar-refractivity contribution < 1.29 is 28.6 Å². The zero-order chi connectivity index (χ0) is 50.0. The Bertz CT molecular complexity index is 1330. The van der Waals surface area contributed by atoms with Gasteiger partial charge in [-0.2, -0.15) is 0 Å². The number of esters is 3. The monoisotopic (exact) mass is 961 g/mol. The lowest BCUT2D eigenvalue weighted by Gasteiger charge is -2.18. The Hall–Kier alpha value is -3.41. The zero-order valence-corrected chi connectivity index (χ0v) is 45.3. The minimum absolute atomic E-state index is 0.0875. The van der Waals surface area contributed by atoms with Gasteiger partial charge in [-0.25, -0.2) is 0 Å². The molecule has 0 aromatic rings. The minimum Gasteiger partial charge on any atom is -0.462 e. The molecule has 0 aromatic heterocycles. The van der Waals surface area contributed by atoms with Crippen molar-refractivity contribution in [1.82, 2.24) is 0 Å². The van der Waals surface area contributed by atoms with E-state index in [1.807, 2.05) is 0 Å². The van der Waals surface area contributed by atoms with E-state index >= 15 is 0 Å². The highest BCUT2D eigenvalue weighted by atomic mass is 16.6. The zero-order valence-electron chi connectivity index (χ0n) is 45.3. The molecule has 0 aromatic carbocycles. The molecule has 0 saturated heterocycles. The molecule has 0 rings (SSSR count). The summed E-state index contributed by atoms with van der Waals surface area (Å²) >= 11 is 0. The fourth-order valence-electron chi connectivity index (χ4n) is 7.99. The number of rotatable bonds is 52. The molecule has 0 fully saturated rings. The lowest BCUT2D eigenvalue weighted by molar-refractivity contribution is -0.167. The van der Waals surface area contributed by atoms with Gasteiger partial charge in [0.1, 0.15) is 13.2 Å². The molecule has 1 atom stereocenters. The molecule has 396 valence electrons. The van der Waals surface area contributed by atoms with E-state index in [9.17, 15) is 14.4 Å². The Morgan fingerprint density at radius 1 is 0.304 bits per heavy atom. The molecule has 0 aliphatic heterocycles. The smallest absolute Gasteiger partial charge is 0.306 e. The largest absolute Gasteiger partial charge is 0.462 e. The van der Waals surface area contributed by atoms with Crippen LogP contribution in [-0.4, -0.2) is 37.2 Å². The minimum atomic E-state index is -0.791. The number of hydrogen-bond acceptors (Lipinski definition) is 6. The van der Waals surface area contributed by atoms with Crippen LogP contribution in [0.5, 0.6) is 0 Å². The van der Waals surface area contributed by atoms with Gasteiger partial charge in [0.25, 0.3) is 0 Å². The SMILES string of the molecule is CC/C=C\C/C=C\C/C=C\CCCCCCCC(=O)OCC(COC(=O)CCCCCCCCCCC/C=C\C/C=C\CCCCC)OC(=O)CCCCCCCCC/C=C\C/C=C\CCCCC. The first-order valence-corrected chi connectivity index (χ1v) is 29.1. The number of ether oxygens (including phenoxy) is 3. The van der Waals surface area contributed by atoms with Crippen molar-refractivity contribution in [3.05, 3.63) is 85.1 Å². The number of carbonyl (C=O) groups is 3. The van der Waals surface area contributed by atoms with E-state index in [1.165, 1.54) is 122 Å². The standard InChI is InChI=1S/C63H108O6/c1-4-7-10-13-16-19-22-25-28-30-31-33-35-38-41-44-47-50-53-56-62(65)68-59-60(58-67-61(64)55-52-49-46-43-40-37-34-27-24-21-18-15-12-9-6-3)69-63(66)57-54-51-48-45-42-39-36-32-29-26-23-20-17-14-11-8-5-2/h9,12,16-21,25-29,34,60H,4-8,10-11,13-15,22-24,30-33,35-59H2,1-3H3/b12-9-,19-16-,20-17-,21-18-,28-25-,29-26-,34-27-. The van der Waals surface area contributed by atoms with Gasteiger partial charge in [0.05, 0.1) is 0 Å². The highest BCUT2D eigenvalue weighted by molar-refractivity contribution is 5.71. The lowest BCUT2D eigenvalue weighted by Crippen LogP contribution is -2.30. The summed E-state index contributed by atoms with van der Waals surface area (Å²) in [6.45, 7) is 6.47. The topological polar surface area (TPSA) is 78.9 Å². The Kier molecular flexibility index (Phi) is 54.3.